The lowest BCUT2D eigenvalue weighted by molar-refractivity contribution is -0.141. The Morgan fingerprint density at radius 2 is 1.88 bits per heavy atom. The first-order chi connectivity index (χ1) is 15.3. The summed E-state index contributed by atoms with van der Waals surface area (Å²) in [6, 6.07) is 6.11. The van der Waals surface area contributed by atoms with Gasteiger partial charge in [-0.3, -0.25) is 9.59 Å². The number of amides is 2. The molecule has 1 N–H and O–H groups in total. The molecule has 2 aliphatic rings. The lowest BCUT2D eigenvalue weighted by Crippen LogP contribution is -2.58. The fourth-order valence-corrected chi connectivity index (χ4v) is 5.10. The Morgan fingerprint density at radius 3 is 2.59 bits per heavy atom. The number of rotatable bonds is 9. The Kier molecular flexibility index (Phi) is 8.07. The van der Waals surface area contributed by atoms with Gasteiger partial charge in [0.25, 0.3) is 0 Å². The summed E-state index contributed by atoms with van der Waals surface area (Å²) in [6.45, 7) is 12.0. The number of hydrogen-bond donors (Lipinski definition) is 1. The molecule has 32 heavy (non-hydrogen) atoms. The lowest BCUT2D eigenvalue weighted by Gasteiger charge is -2.39. The Hall–Kier alpha value is -2.24. The minimum Gasteiger partial charge on any atom is -0.490 e. The summed E-state index contributed by atoms with van der Waals surface area (Å²) in [7, 11) is 0. The van der Waals surface area contributed by atoms with Crippen molar-refractivity contribution < 1.29 is 19.1 Å². The highest BCUT2D eigenvalue weighted by atomic mass is 16.5. The summed E-state index contributed by atoms with van der Waals surface area (Å²) in [5.41, 5.74) is 0.278. The molecule has 6 nitrogen and oxygen atoms in total. The molecular formula is C26H40N2O4. The van der Waals surface area contributed by atoms with Gasteiger partial charge in [-0.05, 0) is 69.6 Å². The number of nitrogens with zero attached hydrogens (tertiary/aromatic N) is 1. The highest BCUT2D eigenvalue weighted by Crippen LogP contribution is 2.34. The number of carbonyl (C=O) groups is 2. The summed E-state index contributed by atoms with van der Waals surface area (Å²) in [5.74, 6) is 2.58. The van der Waals surface area contributed by atoms with E-state index in [2.05, 4.69) is 19.2 Å². The van der Waals surface area contributed by atoms with Crippen LogP contribution < -0.4 is 14.8 Å². The maximum atomic E-state index is 13.4. The fraction of sp³-hybridized carbons (Fsp3) is 0.692. The monoisotopic (exact) mass is 444 g/mol. The van der Waals surface area contributed by atoms with Crippen LogP contribution in [0.1, 0.15) is 72.3 Å². The lowest BCUT2D eigenvalue weighted by atomic mass is 9.77. The molecule has 4 atom stereocenters. The van der Waals surface area contributed by atoms with Crippen molar-refractivity contribution in [2.75, 3.05) is 19.8 Å². The van der Waals surface area contributed by atoms with Crippen LogP contribution in [-0.2, 0) is 16.0 Å². The first-order valence-corrected chi connectivity index (χ1v) is 12.3. The Morgan fingerprint density at radius 1 is 1.16 bits per heavy atom. The third-order valence-corrected chi connectivity index (χ3v) is 7.47. The van der Waals surface area contributed by atoms with Gasteiger partial charge in [0, 0.05) is 19.0 Å². The summed E-state index contributed by atoms with van der Waals surface area (Å²) >= 11 is 0. The van der Waals surface area contributed by atoms with E-state index in [0.717, 1.165) is 29.9 Å². The molecule has 1 saturated carbocycles. The van der Waals surface area contributed by atoms with Crippen molar-refractivity contribution in [2.24, 2.45) is 11.8 Å². The molecule has 1 aliphatic heterocycles. The minimum atomic E-state index is -0.786. The molecule has 0 spiro atoms. The van der Waals surface area contributed by atoms with Gasteiger partial charge in [-0.25, -0.2) is 0 Å². The van der Waals surface area contributed by atoms with Crippen LogP contribution in [0.15, 0.2) is 18.2 Å². The highest BCUT2D eigenvalue weighted by molar-refractivity contribution is 5.94. The number of nitrogens with one attached hydrogen (secondary N) is 1. The zero-order valence-electron chi connectivity index (χ0n) is 20.4. The molecule has 0 aromatic heterocycles. The van der Waals surface area contributed by atoms with Crippen molar-refractivity contribution in [1.82, 2.24) is 10.2 Å². The van der Waals surface area contributed by atoms with Crippen molar-refractivity contribution >= 4 is 11.8 Å². The highest BCUT2D eigenvalue weighted by Gasteiger charge is 2.47. The molecular weight excluding hydrogens is 404 g/mol. The maximum Gasteiger partial charge on any atom is 0.245 e. The largest absolute Gasteiger partial charge is 0.490 e. The van der Waals surface area contributed by atoms with E-state index in [9.17, 15) is 9.59 Å². The van der Waals surface area contributed by atoms with E-state index in [1.807, 2.05) is 39.0 Å². The van der Waals surface area contributed by atoms with Gasteiger partial charge in [0.05, 0.1) is 13.2 Å². The predicted octanol–water partition coefficient (Wildman–Crippen LogP) is 4.35. The number of ether oxygens (including phenoxy) is 2. The molecule has 1 heterocycles. The SMILES string of the molecule is CCOc1ccc(CCN2C(=O)CC[C@]2(C)C(=O)N[C@@H]2CCC[C@@H](C)[C@@H]2C)cc1OCC. The number of benzene rings is 1. The zero-order valence-corrected chi connectivity index (χ0v) is 20.4. The molecule has 0 unspecified atom stereocenters. The van der Waals surface area contributed by atoms with E-state index >= 15 is 0 Å². The number of likely N-dealkylation sites (tertiary alicyclic amines) is 1. The molecule has 1 aromatic carbocycles. The normalized spacial score (nSPS) is 28.0. The second-order valence-electron chi connectivity index (χ2n) is 9.56. The quantitative estimate of drug-likeness (QED) is 0.615. The second kappa shape index (κ2) is 10.6. The van der Waals surface area contributed by atoms with Crippen LogP contribution in [0.4, 0.5) is 0 Å². The molecule has 1 saturated heterocycles. The van der Waals surface area contributed by atoms with Gasteiger partial charge in [0.1, 0.15) is 5.54 Å². The van der Waals surface area contributed by atoms with E-state index in [4.69, 9.17) is 9.47 Å². The van der Waals surface area contributed by atoms with Crippen LogP contribution in [0.5, 0.6) is 11.5 Å². The minimum absolute atomic E-state index is 0.00370. The smallest absolute Gasteiger partial charge is 0.245 e. The van der Waals surface area contributed by atoms with Crippen molar-refractivity contribution in [3.63, 3.8) is 0 Å². The van der Waals surface area contributed by atoms with Crippen LogP contribution in [0, 0.1) is 11.8 Å². The first-order valence-electron chi connectivity index (χ1n) is 12.3. The van der Waals surface area contributed by atoms with Gasteiger partial charge < -0.3 is 19.7 Å². The van der Waals surface area contributed by atoms with Gasteiger partial charge >= 0.3 is 0 Å². The van der Waals surface area contributed by atoms with Crippen molar-refractivity contribution in [3.05, 3.63) is 23.8 Å². The summed E-state index contributed by atoms with van der Waals surface area (Å²) in [5, 5.41) is 3.31. The maximum absolute atomic E-state index is 13.4. The van der Waals surface area contributed by atoms with E-state index < -0.39 is 5.54 Å². The van der Waals surface area contributed by atoms with Gasteiger partial charge in [-0.2, -0.15) is 0 Å². The van der Waals surface area contributed by atoms with Crippen molar-refractivity contribution in [2.45, 2.75) is 84.7 Å². The Balaban J connectivity index is 1.69. The molecule has 0 radical (unpaired) electrons. The average Bonchev–Trinajstić information content (AvgIpc) is 3.06. The molecule has 0 bridgehead atoms. The second-order valence-corrected chi connectivity index (χ2v) is 9.56. The van der Waals surface area contributed by atoms with Gasteiger partial charge in [-0.15, -0.1) is 0 Å². The average molecular weight is 445 g/mol. The number of carbonyl (C=O) groups excluding carboxylic acids is 2. The van der Waals surface area contributed by atoms with Crippen molar-refractivity contribution in [1.29, 1.82) is 0 Å². The predicted molar refractivity (Wildman–Crippen MR) is 126 cm³/mol. The summed E-state index contributed by atoms with van der Waals surface area (Å²) in [6.07, 6.45) is 5.05. The Bertz CT molecular complexity index is 811. The van der Waals surface area contributed by atoms with Crippen LogP contribution in [0.25, 0.3) is 0 Å². The molecule has 3 rings (SSSR count). The molecule has 2 fully saturated rings. The van der Waals surface area contributed by atoms with Gasteiger partial charge in [0.15, 0.2) is 11.5 Å². The molecule has 2 amide bonds. The van der Waals surface area contributed by atoms with Gasteiger partial charge in [0.2, 0.25) is 11.8 Å². The zero-order chi connectivity index (χ0) is 23.3. The third kappa shape index (κ3) is 5.21. The standard InChI is InChI=1S/C26H40N2O4/c1-6-31-22-12-11-20(17-23(22)32-7-2)14-16-28-24(29)13-15-26(28,5)25(30)27-21-10-8-9-18(3)19(21)4/h11-12,17-19,21H,6-10,13-16H2,1-5H3,(H,27,30)/t18-,19+,21-,26-/m1/s1. The molecule has 1 aliphatic carbocycles. The van der Waals surface area contributed by atoms with Crippen LogP contribution >= 0.6 is 0 Å². The van der Waals surface area contributed by atoms with E-state index in [0.29, 0.717) is 50.9 Å². The molecule has 1 aromatic rings. The molecule has 6 heteroatoms. The summed E-state index contributed by atoms with van der Waals surface area (Å²) in [4.78, 5) is 27.9. The summed E-state index contributed by atoms with van der Waals surface area (Å²) < 4.78 is 11.4. The van der Waals surface area contributed by atoms with Crippen LogP contribution in [0.3, 0.4) is 0 Å². The van der Waals surface area contributed by atoms with Crippen LogP contribution in [-0.4, -0.2) is 48.1 Å². The van der Waals surface area contributed by atoms with E-state index in [1.54, 1.807) is 4.90 Å². The van der Waals surface area contributed by atoms with Crippen LogP contribution in [0.2, 0.25) is 0 Å². The van der Waals surface area contributed by atoms with Crippen molar-refractivity contribution in [3.8, 4) is 11.5 Å². The number of hydrogen-bond acceptors (Lipinski definition) is 4. The molecule has 178 valence electrons. The topological polar surface area (TPSA) is 67.9 Å². The van der Waals surface area contributed by atoms with E-state index in [1.165, 1.54) is 6.42 Å². The van der Waals surface area contributed by atoms with E-state index in [-0.39, 0.29) is 17.9 Å². The van der Waals surface area contributed by atoms with Gasteiger partial charge in [-0.1, -0.05) is 32.8 Å². The Labute approximate surface area is 193 Å². The fourth-order valence-electron chi connectivity index (χ4n) is 5.10. The third-order valence-electron chi connectivity index (χ3n) is 7.47. The first kappa shape index (κ1) is 24.4.